The molecule has 1 aliphatic rings. The summed E-state index contributed by atoms with van der Waals surface area (Å²) in [6.07, 6.45) is 0.709. The Labute approximate surface area is 297 Å². The van der Waals surface area contributed by atoms with Crippen LogP contribution in [0.15, 0.2) is 102 Å². The van der Waals surface area contributed by atoms with Crippen molar-refractivity contribution in [3.63, 3.8) is 0 Å². The standard InChI is InChI=1S/C38H42FN3O8S/c1-47-35-17-10-29(25-36(35)48-2)18-19-40-38(44)34(24-28-6-4-3-5-7-28)42(26-30-8-11-31(39)12-9-30)37(43)27-50-32-13-15-33(16-14-32)51(45,46)41-20-22-49-23-21-41/h3-17,25,34H,18-24,26-27H2,1-2H3,(H,40,44)/t34-/m0/s1. The predicted molar refractivity (Wildman–Crippen MR) is 189 cm³/mol. The molecule has 1 heterocycles. The zero-order chi connectivity index (χ0) is 36.2. The van der Waals surface area contributed by atoms with Gasteiger partial charge < -0.3 is 29.2 Å². The number of nitrogens with one attached hydrogen (secondary N) is 1. The number of carbonyl (C=O) groups excluding carboxylic acids is 2. The monoisotopic (exact) mass is 719 g/mol. The maximum absolute atomic E-state index is 14.0. The lowest BCUT2D eigenvalue weighted by molar-refractivity contribution is -0.142. The molecule has 1 atom stereocenters. The summed E-state index contributed by atoms with van der Waals surface area (Å²) < 4.78 is 63.1. The third-order valence-corrected chi connectivity index (χ3v) is 10.4. The van der Waals surface area contributed by atoms with Crippen LogP contribution in [0.2, 0.25) is 0 Å². The van der Waals surface area contributed by atoms with Gasteiger partial charge in [0, 0.05) is 32.6 Å². The van der Waals surface area contributed by atoms with Gasteiger partial charge in [-0.15, -0.1) is 0 Å². The number of carbonyl (C=O) groups is 2. The molecule has 1 saturated heterocycles. The Balaban J connectivity index is 1.34. The first kappa shape index (κ1) is 37.3. The third-order valence-electron chi connectivity index (χ3n) is 8.49. The Morgan fingerprint density at radius 3 is 2.20 bits per heavy atom. The molecular formula is C38H42FN3O8S. The van der Waals surface area contributed by atoms with Gasteiger partial charge >= 0.3 is 0 Å². The van der Waals surface area contributed by atoms with Crippen LogP contribution in [0.25, 0.3) is 0 Å². The highest BCUT2D eigenvalue weighted by Crippen LogP contribution is 2.28. The number of rotatable bonds is 16. The van der Waals surface area contributed by atoms with E-state index in [1.807, 2.05) is 42.5 Å². The normalized spacial score (nSPS) is 13.9. The smallest absolute Gasteiger partial charge is 0.261 e. The predicted octanol–water partition coefficient (Wildman–Crippen LogP) is 4.24. The Hall–Kier alpha value is -4.98. The Morgan fingerprint density at radius 2 is 1.53 bits per heavy atom. The minimum absolute atomic E-state index is 0.0137. The van der Waals surface area contributed by atoms with Gasteiger partial charge in [-0.25, -0.2) is 12.8 Å². The molecule has 0 bridgehead atoms. The highest BCUT2D eigenvalue weighted by atomic mass is 32.2. The maximum atomic E-state index is 14.0. The van der Waals surface area contributed by atoms with Crippen molar-refractivity contribution >= 4 is 21.8 Å². The van der Waals surface area contributed by atoms with E-state index >= 15 is 0 Å². The fourth-order valence-corrected chi connectivity index (χ4v) is 7.10. The summed E-state index contributed by atoms with van der Waals surface area (Å²) >= 11 is 0. The Bertz CT molecular complexity index is 1850. The van der Waals surface area contributed by atoms with Crippen LogP contribution < -0.4 is 19.5 Å². The SMILES string of the molecule is COc1ccc(CCNC(=O)[C@H](Cc2ccccc2)N(Cc2ccc(F)cc2)C(=O)COc2ccc(S(=O)(=O)N3CCOCC3)cc2)cc1OC. The molecule has 0 saturated carbocycles. The summed E-state index contributed by atoms with van der Waals surface area (Å²) in [5, 5.41) is 2.99. The topological polar surface area (TPSA) is 124 Å². The summed E-state index contributed by atoms with van der Waals surface area (Å²) in [7, 11) is -0.589. The van der Waals surface area contributed by atoms with E-state index in [1.165, 1.54) is 45.6 Å². The van der Waals surface area contributed by atoms with Crippen molar-refractivity contribution < 1.29 is 41.3 Å². The van der Waals surface area contributed by atoms with Crippen molar-refractivity contribution in [1.29, 1.82) is 0 Å². The van der Waals surface area contributed by atoms with Crippen molar-refractivity contribution in [2.24, 2.45) is 0 Å². The molecule has 5 rings (SSSR count). The van der Waals surface area contributed by atoms with E-state index in [-0.39, 0.29) is 49.2 Å². The second kappa shape index (κ2) is 17.8. The number of hydrogen-bond donors (Lipinski definition) is 1. The van der Waals surface area contributed by atoms with Gasteiger partial charge in [-0.3, -0.25) is 9.59 Å². The van der Waals surface area contributed by atoms with E-state index in [9.17, 15) is 22.4 Å². The van der Waals surface area contributed by atoms with Crippen molar-refractivity contribution in [1.82, 2.24) is 14.5 Å². The number of benzene rings is 4. The Kier molecular flexibility index (Phi) is 13.0. The van der Waals surface area contributed by atoms with Gasteiger partial charge in [0.25, 0.3) is 5.91 Å². The molecule has 270 valence electrons. The molecule has 11 nitrogen and oxygen atoms in total. The summed E-state index contributed by atoms with van der Waals surface area (Å²) in [6, 6.07) is 25.5. The van der Waals surface area contributed by atoms with Crippen LogP contribution in [0.5, 0.6) is 17.2 Å². The Morgan fingerprint density at radius 1 is 0.863 bits per heavy atom. The van der Waals surface area contributed by atoms with Gasteiger partial charge in [-0.2, -0.15) is 4.31 Å². The zero-order valence-electron chi connectivity index (χ0n) is 28.6. The van der Waals surface area contributed by atoms with E-state index in [0.717, 1.165) is 11.1 Å². The largest absolute Gasteiger partial charge is 0.493 e. The summed E-state index contributed by atoms with van der Waals surface area (Å²) in [4.78, 5) is 29.5. The lowest BCUT2D eigenvalue weighted by Crippen LogP contribution is -2.52. The van der Waals surface area contributed by atoms with Crippen LogP contribution in [0.3, 0.4) is 0 Å². The van der Waals surface area contributed by atoms with Gasteiger partial charge in [0.15, 0.2) is 18.1 Å². The van der Waals surface area contributed by atoms with Gasteiger partial charge in [-0.1, -0.05) is 48.5 Å². The van der Waals surface area contributed by atoms with Crippen LogP contribution >= 0.6 is 0 Å². The van der Waals surface area contributed by atoms with Gasteiger partial charge in [0.2, 0.25) is 15.9 Å². The highest BCUT2D eigenvalue weighted by molar-refractivity contribution is 7.89. The van der Waals surface area contributed by atoms with Gasteiger partial charge in [0.05, 0.1) is 32.3 Å². The average molecular weight is 720 g/mol. The second-order valence-electron chi connectivity index (χ2n) is 11.9. The highest BCUT2D eigenvalue weighted by Gasteiger charge is 2.31. The van der Waals surface area contributed by atoms with Crippen molar-refractivity contribution in [3.8, 4) is 17.2 Å². The van der Waals surface area contributed by atoms with Crippen LogP contribution in [-0.4, -0.2) is 89.2 Å². The molecule has 13 heteroatoms. The number of hydrogen-bond acceptors (Lipinski definition) is 8. The molecule has 0 aliphatic carbocycles. The number of methoxy groups -OCH3 is 2. The van der Waals surface area contributed by atoms with Crippen molar-refractivity contribution in [3.05, 3.63) is 120 Å². The first-order valence-corrected chi connectivity index (χ1v) is 18.0. The fraction of sp³-hybridized carbons (Fsp3) is 0.316. The zero-order valence-corrected chi connectivity index (χ0v) is 29.4. The van der Waals surface area contributed by atoms with Crippen molar-refractivity contribution in [2.45, 2.75) is 30.3 Å². The molecule has 1 aliphatic heterocycles. The maximum Gasteiger partial charge on any atom is 0.261 e. The second-order valence-corrected chi connectivity index (χ2v) is 13.8. The minimum Gasteiger partial charge on any atom is -0.493 e. The number of sulfonamides is 1. The number of amides is 2. The molecule has 4 aromatic carbocycles. The van der Waals surface area contributed by atoms with Crippen LogP contribution in [-0.2, 0) is 43.7 Å². The van der Waals surface area contributed by atoms with E-state index in [0.29, 0.717) is 36.7 Å². The molecule has 0 aromatic heterocycles. The fourth-order valence-electron chi connectivity index (χ4n) is 5.70. The van der Waals surface area contributed by atoms with Crippen LogP contribution in [0.4, 0.5) is 4.39 Å². The third kappa shape index (κ3) is 10.1. The van der Waals surface area contributed by atoms with E-state index in [2.05, 4.69) is 5.32 Å². The van der Waals surface area contributed by atoms with E-state index in [4.69, 9.17) is 18.9 Å². The first-order chi connectivity index (χ1) is 24.7. The molecule has 51 heavy (non-hydrogen) atoms. The van der Waals surface area contributed by atoms with Gasteiger partial charge in [-0.05, 0) is 71.6 Å². The van der Waals surface area contributed by atoms with Crippen LogP contribution in [0, 0.1) is 5.82 Å². The van der Waals surface area contributed by atoms with Crippen LogP contribution in [0.1, 0.15) is 16.7 Å². The van der Waals surface area contributed by atoms with Gasteiger partial charge in [0.1, 0.15) is 17.6 Å². The molecule has 0 radical (unpaired) electrons. The summed E-state index contributed by atoms with van der Waals surface area (Å²) in [5.74, 6) is 0.178. The lowest BCUT2D eigenvalue weighted by Gasteiger charge is -2.31. The summed E-state index contributed by atoms with van der Waals surface area (Å²) in [6.45, 7) is 1.07. The number of morpholine rings is 1. The van der Waals surface area contributed by atoms with E-state index < -0.39 is 34.4 Å². The lowest BCUT2D eigenvalue weighted by atomic mass is 10.0. The number of halogens is 1. The summed E-state index contributed by atoms with van der Waals surface area (Å²) in [5.41, 5.74) is 2.38. The van der Waals surface area contributed by atoms with Crippen molar-refractivity contribution in [2.75, 3.05) is 53.7 Å². The molecule has 0 spiro atoms. The molecule has 4 aromatic rings. The van der Waals surface area contributed by atoms with E-state index in [1.54, 1.807) is 32.4 Å². The number of nitrogens with zero attached hydrogens (tertiary/aromatic N) is 2. The quantitative estimate of drug-likeness (QED) is 0.183. The molecular weight excluding hydrogens is 677 g/mol. The molecule has 2 amide bonds. The molecule has 1 N–H and O–H groups in total. The first-order valence-electron chi connectivity index (χ1n) is 16.5. The minimum atomic E-state index is -3.70. The number of ether oxygens (including phenoxy) is 4. The molecule has 1 fully saturated rings. The molecule has 0 unspecified atom stereocenters. The average Bonchev–Trinajstić information content (AvgIpc) is 3.16.